The summed E-state index contributed by atoms with van der Waals surface area (Å²) in [6.45, 7) is 13.4. The lowest BCUT2D eigenvalue weighted by Gasteiger charge is -2.32. The second kappa shape index (κ2) is 13.5. The van der Waals surface area contributed by atoms with Gasteiger partial charge in [0.1, 0.15) is 0 Å². The van der Waals surface area contributed by atoms with E-state index in [0.717, 1.165) is 71.6 Å². The highest BCUT2D eigenvalue weighted by Crippen LogP contribution is 2.29. The number of piperazine rings is 1. The van der Waals surface area contributed by atoms with Crippen LogP contribution in [0.2, 0.25) is 0 Å². The number of aryl methyl sites for hydroxylation is 2. The number of benzene rings is 2. The number of carbonyl (C=O) groups excluding carboxylic acids is 1. The maximum absolute atomic E-state index is 13.1. The van der Waals surface area contributed by atoms with Crippen LogP contribution >= 0.6 is 11.3 Å². The Bertz CT molecular complexity index is 1380. The van der Waals surface area contributed by atoms with Gasteiger partial charge in [0.2, 0.25) is 0 Å². The molecule has 0 radical (unpaired) electrons. The highest BCUT2D eigenvalue weighted by molar-refractivity contribution is 7.14. The molecular weight excluding hydrogens is 504 g/mol. The third-order valence-electron chi connectivity index (χ3n) is 6.79. The zero-order chi connectivity index (χ0) is 27.8. The van der Waals surface area contributed by atoms with Gasteiger partial charge in [0.15, 0.2) is 5.13 Å². The van der Waals surface area contributed by atoms with E-state index in [9.17, 15) is 4.79 Å². The number of hydrogen-bond acceptors (Lipinski definition) is 7. The van der Waals surface area contributed by atoms with E-state index in [0.29, 0.717) is 5.56 Å². The first-order valence-corrected chi connectivity index (χ1v) is 14.4. The molecule has 1 aliphatic rings. The Morgan fingerprint density at radius 1 is 1.00 bits per heavy atom. The molecule has 39 heavy (non-hydrogen) atoms. The Morgan fingerprint density at radius 2 is 1.79 bits per heavy atom. The molecule has 0 atom stereocenters. The summed E-state index contributed by atoms with van der Waals surface area (Å²) in [5.41, 5.74) is 7.66. The lowest BCUT2D eigenvalue weighted by molar-refractivity contribution is 0.102. The Labute approximate surface area is 235 Å². The van der Waals surface area contributed by atoms with Gasteiger partial charge in [-0.2, -0.15) is 0 Å². The summed E-state index contributed by atoms with van der Waals surface area (Å²) in [5, 5.41) is 9.26. The van der Waals surface area contributed by atoms with Crippen molar-refractivity contribution in [3.05, 3.63) is 88.6 Å². The minimum atomic E-state index is -0.114. The normalized spacial score (nSPS) is 13.9. The fraction of sp³-hybridized carbons (Fsp3) is 0.323. The largest absolute Gasteiger partial charge is 0.331 e. The number of nitrogens with one attached hydrogen (secondary N) is 2. The number of aromatic nitrogens is 2. The van der Waals surface area contributed by atoms with E-state index < -0.39 is 0 Å². The van der Waals surface area contributed by atoms with Crippen LogP contribution in [-0.2, 0) is 6.54 Å². The number of amides is 1. The topological polar surface area (TPSA) is 73.4 Å². The van der Waals surface area contributed by atoms with Gasteiger partial charge in [-0.25, -0.2) is 4.98 Å². The average Bonchev–Trinajstić information content (AvgIpc) is 3.43. The number of rotatable bonds is 7. The third kappa shape index (κ3) is 7.50. The second-order valence-corrected chi connectivity index (χ2v) is 10.5. The molecule has 2 aromatic carbocycles. The molecule has 1 aliphatic heterocycles. The third-order valence-corrected chi connectivity index (χ3v) is 7.55. The quantitative estimate of drug-likeness (QED) is 0.274. The minimum absolute atomic E-state index is 0.114. The number of pyridine rings is 1. The van der Waals surface area contributed by atoms with Crippen LogP contribution in [0.25, 0.3) is 11.3 Å². The summed E-state index contributed by atoms with van der Waals surface area (Å²) < 4.78 is 0. The molecule has 0 bridgehead atoms. The molecule has 2 aromatic heterocycles. The molecule has 0 unspecified atom stereocenters. The van der Waals surface area contributed by atoms with Crippen LogP contribution in [0.5, 0.6) is 0 Å². The first-order chi connectivity index (χ1) is 18.9. The molecule has 5 rings (SSSR count). The van der Waals surface area contributed by atoms with E-state index in [1.54, 1.807) is 12.4 Å². The van der Waals surface area contributed by atoms with E-state index in [1.807, 2.05) is 68.6 Å². The van der Waals surface area contributed by atoms with Gasteiger partial charge in [-0.1, -0.05) is 26.0 Å². The van der Waals surface area contributed by atoms with Gasteiger partial charge < -0.3 is 15.5 Å². The van der Waals surface area contributed by atoms with E-state index in [4.69, 9.17) is 4.98 Å². The van der Waals surface area contributed by atoms with Crippen molar-refractivity contribution in [3.8, 4) is 11.3 Å². The van der Waals surface area contributed by atoms with Gasteiger partial charge >= 0.3 is 0 Å². The SMILES string of the molecule is CC.Cc1cc(C(=O)Nc2ccc(C)c(Nc3nc(-c4cccnc4)cs3)c2)ccc1CN1CCN(C)CC1. The van der Waals surface area contributed by atoms with Crippen molar-refractivity contribution in [2.24, 2.45) is 0 Å². The number of hydrogen-bond donors (Lipinski definition) is 2. The van der Waals surface area contributed by atoms with E-state index >= 15 is 0 Å². The zero-order valence-electron chi connectivity index (χ0n) is 23.5. The molecule has 1 amide bonds. The molecule has 0 saturated carbocycles. The zero-order valence-corrected chi connectivity index (χ0v) is 24.3. The van der Waals surface area contributed by atoms with Gasteiger partial charge in [0, 0.05) is 73.0 Å². The van der Waals surface area contributed by atoms with Crippen LogP contribution in [0.4, 0.5) is 16.5 Å². The Balaban J connectivity index is 0.00000172. The minimum Gasteiger partial charge on any atom is -0.331 e. The van der Waals surface area contributed by atoms with Crippen molar-refractivity contribution in [1.29, 1.82) is 0 Å². The fourth-order valence-electron chi connectivity index (χ4n) is 4.39. The Morgan fingerprint density at radius 3 is 2.51 bits per heavy atom. The highest BCUT2D eigenvalue weighted by atomic mass is 32.1. The van der Waals surface area contributed by atoms with Crippen LogP contribution in [0.3, 0.4) is 0 Å². The molecule has 4 aromatic rings. The molecule has 1 saturated heterocycles. The molecule has 1 fully saturated rings. The van der Waals surface area contributed by atoms with Crippen molar-refractivity contribution in [2.75, 3.05) is 43.9 Å². The van der Waals surface area contributed by atoms with Crippen LogP contribution in [-0.4, -0.2) is 58.9 Å². The number of nitrogens with zero attached hydrogens (tertiary/aromatic N) is 4. The summed E-state index contributed by atoms with van der Waals surface area (Å²) >= 11 is 1.54. The number of thiazole rings is 1. The molecule has 3 heterocycles. The van der Waals surface area contributed by atoms with Crippen molar-refractivity contribution in [2.45, 2.75) is 34.2 Å². The molecular formula is C31H38N6OS. The molecule has 0 aliphatic carbocycles. The van der Waals surface area contributed by atoms with Gasteiger partial charge in [0.25, 0.3) is 5.91 Å². The fourth-order valence-corrected chi connectivity index (χ4v) is 5.12. The standard InChI is InChI=1S/C29H32N6OS.C2H6/c1-20-6-9-25(16-26(20)32-29-33-27(19-37-29)23-5-4-10-30-17-23)31-28(36)22-7-8-24(21(2)15-22)18-35-13-11-34(3)12-14-35;1-2/h4-10,15-17,19H,11-14,18H2,1-3H3,(H,31,36)(H,32,33);1-2H3. The molecule has 8 heteroatoms. The van der Waals surface area contributed by atoms with Crippen molar-refractivity contribution >= 4 is 33.8 Å². The van der Waals surface area contributed by atoms with E-state index in [-0.39, 0.29) is 5.91 Å². The first kappa shape index (κ1) is 28.4. The van der Waals surface area contributed by atoms with Crippen LogP contribution < -0.4 is 10.6 Å². The summed E-state index contributed by atoms with van der Waals surface area (Å²) in [6, 6.07) is 15.8. The molecule has 2 N–H and O–H groups in total. The Kier molecular flexibility index (Phi) is 9.81. The number of likely N-dealkylation sites (N-methyl/N-ethyl adjacent to an activating group) is 1. The smallest absolute Gasteiger partial charge is 0.255 e. The van der Waals surface area contributed by atoms with Gasteiger partial charge in [-0.15, -0.1) is 11.3 Å². The number of carbonyl (C=O) groups is 1. The maximum Gasteiger partial charge on any atom is 0.255 e. The highest BCUT2D eigenvalue weighted by Gasteiger charge is 2.16. The van der Waals surface area contributed by atoms with E-state index in [1.165, 1.54) is 16.9 Å². The van der Waals surface area contributed by atoms with Crippen LogP contribution in [0.1, 0.15) is 40.9 Å². The monoisotopic (exact) mass is 542 g/mol. The van der Waals surface area contributed by atoms with Gasteiger partial charge in [0.05, 0.1) is 5.69 Å². The van der Waals surface area contributed by atoms with E-state index in [2.05, 4.69) is 45.5 Å². The van der Waals surface area contributed by atoms with Crippen molar-refractivity contribution < 1.29 is 4.79 Å². The lowest BCUT2D eigenvalue weighted by Crippen LogP contribution is -2.43. The van der Waals surface area contributed by atoms with Crippen molar-refractivity contribution in [3.63, 3.8) is 0 Å². The lowest BCUT2D eigenvalue weighted by atomic mass is 10.0. The van der Waals surface area contributed by atoms with Crippen molar-refractivity contribution in [1.82, 2.24) is 19.8 Å². The summed E-state index contributed by atoms with van der Waals surface area (Å²) in [7, 11) is 2.17. The summed E-state index contributed by atoms with van der Waals surface area (Å²) in [5.74, 6) is -0.114. The Hall–Kier alpha value is -3.59. The summed E-state index contributed by atoms with van der Waals surface area (Å²) in [4.78, 5) is 26.8. The first-order valence-electron chi connectivity index (χ1n) is 13.5. The van der Waals surface area contributed by atoms with Gasteiger partial charge in [-0.3, -0.25) is 14.7 Å². The molecule has 0 spiro atoms. The van der Waals surface area contributed by atoms with Gasteiger partial charge in [-0.05, 0) is 74.0 Å². The average molecular weight is 543 g/mol. The predicted octanol–water partition coefficient (Wildman–Crippen LogP) is 6.59. The molecule has 7 nitrogen and oxygen atoms in total. The summed E-state index contributed by atoms with van der Waals surface area (Å²) in [6.07, 6.45) is 3.56. The maximum atomic E-state index is 13.1. The van der Waals surface area contributed by atoms with Crippen LogP contribution in [0, 0.1) is 13.8 Å². The molecule has 204 valence electrons. The van der Waals surface area contributed by atoms with Crippen LogP contribution in [0.15, 0.2) is 66.3 Å². The predicted molar refractivity (Wildman–Crippen MR) is 163 cm³/mol. The second-order valence-electron chi connectivity index (χ2n) is 9.61. The number of anilines is 3.